The van der Waals surface area contributed by atoms with Crippen LogP contribution in [0.1, 0.15) is 33.6 Å². The monoisotopic (exact) mass is 156 g/mol. The Kier molecular flexibility index (Phi) is 4.75. The van der Waals surface area contributed by atoms with E-state index in [0.717, 1.165) is 6.29 Å². The predicted molar refractivity (Wildman–Crippen MR) is 44.3 cm³/mol. The summed E-state index contributed by atoms with van der Waals surface area (Å²) in [6.45, 7) is 5.70. The van der Waals surface area contributed by atoms with Crippen molar-refractivity contribution in [1.29, 1.82) is 0 Å². The molecule has 0 heterocycles. The van der Waals surface area contributed by atoms with Crippen molar-refractivity contribution in [3.05, 3.63) is 0 Å². The van der Waals surface area contributed by atoms with Crippen LogP contribution >= 0.6 is 0 Å². The first-order valence-corrected chi connectivity index (χ1v) is 4.04. The average Bonchev–Trinajstić information content (AvgIpc) is 1.87. The van der Waals surface area contributed by atoms with E-state index in [0.29, 0.717) is 12.8 Å². The molecule has 0 saturated carbocycles. The molecular weight excluding hydrogens is 140 g/mol. The molecule has 0 aromatic carbocycles. The van der Waals surface area contributed by atoms with Crippen molar-refractivity contribution in [1.82, 2.24) is 0 Å². The Bertz CT molecular complexity index is 138. The van der Waals surface area contributed by atoms with E-state index in [9.17, 15) is 9.59 Å². The Morgan fingerprint density at radius 3 is 2.27 bits per heavy atom. The van der Waals surface area contributed by atoms with Gasteiger partial charge < -0.3 is 4.79 Å². The molecule has 0 saturated heterocycles. The molecule has 1 atom stereocenters. The Balaban J connectivity index is 3.65. The zero-order valence-corrected chi connectivity index (χ0v) is 7.46. The van der Waals surface area contributed by atoms with Crippen molar-refractivity contribution >= 4 is 12.1 Å². The molecule has 0 spiro atoms. The second-order valence-electron chi connectivity index (χ2n) is 3.33. The molecule has 0 radical (unpaired) electrons. The van der Waals surface area contributed by atoms with Gasteiger partial charge in [-0.05, 0) is 5.92 Å². The maximum Gasteiger partial charge on any atom is 0.135 e. The summed E-state index contributed by atoms with van der Waals surface area (Å²) in [5, 5.41) is 0. The second-order valence-corrected chi connectivity index (χ2v) is 3.33. The number of aldehydes is 1. The largest absolute Gasteiger partial charge is 0.303 e. The minimum absolute atomic E-state index is 0.101. The molecule has 0 aliphatic rings. The van der Waals surface area contributed by atoms with Gasteiger partial charge in [-0.2, -0.15) is 0 Å². The molecule has 0 aliphatic heterocycles. The Morgan fingerprint density at radius 2 is 1.91 bits per heavy atom. The molecule has 0 rings (SSSR count). The molecule has 64 valence electrons. The standard InChI is InChI=1S/C9H16O2/c1-7(2)9(11)6-8(3)4-5-10/h5,7-8H,4,6H2,1-3H3. The molecule has 0 aromatic rings. The molecule has 0 fully saturated rings. The molecule has 2 nitrogen and oxygen atoms in total. The fourth-order valence-electron chi connectivity index (χ4n) is 0.827. The van der Waals surface area contributed by atoms with Gasteiger partial charge in [0.1, 0.15) is 12.1 Å². The van der Waals surface area contributed by atoms with E-state index in [1.54, 1.807) is 0 Å². The van der Waals surface area contributed by atoms with Crippen molar-refractivity contribution in [2.75, 3.05) is 0 Å². The summed E-state index contributed by atoms with van der Waals surface area (Å²) in [6.07, 6.45) is 1.91. The van der Waals surface area contributed by atoms with Crippen LogP contribution in [0.5, 0.6) is 0 Å². The Labute approximate surface area is 68.0 Å². The number of ketones is 1. The summed E-state index contributed by atoms with van der Waals surface area (Å²) in [4.78, 5) is 21.2. The van der Waals surface area contributed by atoms with Crippen LogP contribution in [-0.2, 0) is 9.59 Å². The minimum atomic E-state index is 0.101. The van der Waals surface area contributed by atoms with Gasteiger partial charge in [0.15, 0.2) is 0 Å². The van der Waals surface area contributed by atoms with Crippen LogP contribution in [0.3, 0.4) is 0 Å². The first-order valence-electron chi connectivity index (χ1n) is 4.04. The summed E-state index contributed by atoms with van der Waals surface area (Å²) in [5.41, 5.74) is 0. The first kappa shape index (κ1) is 10.3. The van der Waals surface area contributed by atoms with Crippen LogP contribution in [0.4, 0.5) is 0 Å². The van der Waals surface area contributed by atoms with E-state index in [-0.39, 0.29) is 17.6 Å². The van der Waals surface area contributed by atoms with E-state index < -0.39 is 0 Å². The van der Waals surface area contributed by atoms with Gasteiger partial charge in [0.2, 0.25) is 0 Å². The fourth-order valence-corrected chi connectivity index (χ4v) is 0.827. The molecule has 0 bridgehead atoms. The fraction of sp³-hybridized carbons (Fsp3) is 0.778. The number of carbonyl (C=O) groups excluding carboxylic acids is 2. The summed E-state index contributed by atoms with van der Waals surface area (Å²) < 4.78 is 0. The lowest BCUT2D eigenvalue weighted by molar-refractivity contribution is -0.122. The van der Waals surface area contributed by atoms with Gasteiger partial charge in [0.05, 0.1) is 0 Å². The first-order chi connectivity index (χ1) is 5.07. The van der Waals surface area contributed by atoms with Gasteiger partial charge in [-0.25, -0.2) is 0 Å². The van der Waals surface area contributed by atoms with E-state index in [4.69, 9.17) is 0 Å². The maximum absolute atomic E-state index is 11.1. The van der Waals surface area contributed by atoms with E-state index in [1.165, 1.54) is 0 Å². The molecule has 0 N–H and O–H groups in total. The van der Waals surface area contributed by atoms with Crippen molar-refractivity contribution in [3.8, 4) is 0 Å². The number of hydrogen-bond donors (Lipinski definition) is 0. The van der Waals surface area contributed by atoms with Crippen LogP contribution in [0.25, 0.3) is 0 Å². The molecular formula is C9H16O2. The molecule has 1 unspecified atom stereocenters. The summed E-state index contributed by atoms with van der Waals surface area (Å²) in [6, 6.07) is 0. The highest BCUT2D eigenvalue weighted by Crippen LogP contribution is 2.09. The third-order valence-electron chi connectivity index (χ3n) is 1.69. The lowest BCUT2D eigenvalue weighted by atomic mass is 9.96. The molecule has 11 heavy (non-hydrogen) atoms. The summed E-state index contributed by atoms with van der Waals surface area (Å²) >= 11 is 0. The van der Waals surface area contributed by atoms with Gasteiger partial charge >= 0.3 is 0 Å². The van der Waals surface area contributed by atoms with E-state index in [1.807, 2.05) is 20.8 Å². The zero-order chi connectivity index (χ0) is 8.85. The Hall–Kier alpha value is -0.660. The lowest BCUT2D eigenvalue weighted by Crippen LogP contribution is -2.11. The number of hydrogen-bond acceptors (Lipinski definition) is 2. The molecule has 0 aliphatic carbocycles. The highest BCUT2D eigenvalue weighted by molar-refractivity contribution is 5.80. The van der Waals surface area contributed by atoms with Crippen LogP contribution in [0.15, 0.2) is 0 Å². The molecule has 0 aromatic heterocycles. The molecule has 2 heteroatoms. The highest BCUT2D eigenvalue weighted by Gasteiger charge is 2.11. The number of Topliss-reactive ketones (excluding diaryl/α,β-unsaturated/α-hetero) is 1. The van der Waals surface area contributed by atoms with Gasteiger partial charge in [-0.3, -0.25) is 4.79 Å². The van der Waals surface area contributed by atoms with Crippen molar-refractivity contribution in [2.24, 2.45) is 11.8 Å². The topological polar surface area (TPSA) is 34.1 Å². The second kappa shape index (κ2) is 5.05. The quantitative estimate of drug-likeness (QED) is 0.569. The third-order valence-corrected chi connectivity index (χ3v) is 1.69. The van der Waals surface area contributed by atoms with Crippen molar-refractivity contribution < 1.29 is 9.59 Å². The maximum atomic E-state index is 11.1. The van der Waals surface area contributed by atoms with Crippen LogP contribution in [-0.4, -0.2) is 12.1 Å². The van der Waals surface area contributed by atoms with Gasteiger partial charge in [0, 0.05) is 18.8 Å². The van der Waals surface area contributed by atoms with E-state index in [2.05, 4.69) is 0 Å². The SMILES string of the molecule is CC(CC=O)CC(=O)C(C)C. The summed E-state index contributed by atoms with van der Waals surface area (Å²) in [7, 11) is 0. The van der Waals surface area contributed by atoms with Crippen molar-refractivity contribution in [3.63, 3.8) is 0 Å². The Morgan fingerprint density at radius 1 is 1.36 bits per heavy atom. The minimum Gasteiger partial charge on any atom is -0.303 e. The van der Waals surface area contributed by atoms with E-state index >= 15 is 0 Å². The predicted octanol–water partition coefficient (Wildman–Crippen LogP) is 1.83. The average molecular weight is 156 g/mol. The van der Waals surface area contributed by atoms with Crippen LogP contribution in [0, 0.1) is 11.8 Å². The number of rotatable bonds is 5. The zero-order valence-electron chi connectivity index (χ0n) is 7.46. The molecule has 0 amide bonds. The van der Waals surface area contributed by atoms with Crippen molar-refractivity contribution in [2.45, 2.75) is 33.6 Å². The number of carbonyl (C=O) groups is 2. The normalized spacial score (nSPS) is 13.1. The third kappa shape index (κ3) is 4.71. The van der Waals surface area contributed by atoms with Crippen LogP contribution < -0.4 is 0 Å². The summed E-state index contributed by atoms with van der Waals surface area (Å²) in [5.74, 6) is 0.561. The van der Waals surface area contributed by atoms with Gasteiger partial charge in [-0.15, -0.1) is 0 Å². The van der Waals surface area contributed by atoms with Gasteiger partial charge in [-0.1, -0.05) is 20.8 Å². The highest BCUT2D eigenvalue weighted by atomic mass is 16.1. The van der Waals surface area contributed by atoms with Crippen LogP contribution in [0.2, 0.25) is 0 Å². The smallest absolute Gasteiger partial charge is 0.135 e. The van der Waals surface area contributed by atoms with Gasteiger partial charge in [0.25, 0.3) is 0 Å². The lowest BCUT2D eigenvalue weighted by Gasteiger charge is -2.07.